The molecule has 34 heavy (non-hydrogen) atoms. The Kier molecular flexibility index (Phi) is 6.12. The molecule has 0 saturated heterocycles. The highest BCUT2D eigenvalue weighted by atomic mass is 16.5. The van der Waals surface area contributed by atoms with Gasteiger partial charge in [0.05, 0.1) is 17.1 Å². The summed E-state index contributed by atoms with van der Waals surface area (Å²) in [7, 11) is 0. The number of phenols is 3. The van der Waals surface area contributed by atoms with Crippen LogP contribution in [-0.2, 0) is 0 Å². The van der Waals surface area contributed by atoms with Crippen LogP contribution >= 0.6 is 0 Å². The molecule has 0 aliphatic carbocycles. The number of anilines is 3. The fraction of sp³-hybridized carbons (Fsp3) is 0.172. The summed E-state index contributed by atoms with van der Waals surface area (Å²) >= 11 is 0. The summed E-state index contributed by atoms with van der Waals surface area (Å²) < 4.78 is 6.18. The first-order valence-electron chi connectivity index (χ1n) is 11.1. The second kappa shape index (κ2) is 9.02. The van der Waals surface area contributed by atoms with Crippen LogP contribution in [0, 0.1) is 34.6 Å². The van der Waals surface area contributed by atoms with Gasteiger partial charge in [-0.25, -0.2) is 0 Å². The quantitative estimate of drug-likeness (QED) is 0.289. The van der Waals surface area contributed by atoms with Crippen LogP contribution < -0.4 is 9.64 Å². The minimum absolute atomic E-state index is 0.0329. The van der Waals surface area contributed by atoms with E-state index < -0.39 is 0 Å². The number of phenolic OH excluding ortho intramolecular Hbond substituents is 3. The molecule has 5 heteroatoms. The average Bonchev–Trinajstić information content (AvgIpc) is 2.80. The zero-order valence-electron chi connectivity index (χ0n) is 20.0. The van der Waals surface area contributed by atoms with Gasteiger partial charge >= 0.3 is 0 Å². The maximum Gasteiger partial charge on any atom is 0.169 e. The van der Waals surface area contributed by atoms with Crippen molar-refractivity contribution >= 4 is 17.1 Å². The first-order valence-corrected chi connectivity index (χ1v) is 11.1. The largest absolute Gasteiger partial charge is 0.505 e. The number of aryl methyl sites for hydroxylation is 5. The van der Waals surface area contributed by atoms with Gasteiger partial charge in [0.2, 0.25) is 0 Å². The molecule has 0 unspecified atom stereocenters. The molecule has 0 heterocycles. The fourth-order valence-corrected chi connectivity index (χ4v) is 4.04. The zero-order valence-corrected chi connectivity index (χ0v) is 20.0. The van der Waals surface area contributed by atoms with E-state index in [1.807, 2.05) is 88.0 Å². The third-order valence-corrected chi connectivity index (χ3v) is 6.00. The Labute approximate surface area is 200 Å². The molecule has 0 saturated carbocycles. The second-order valence-electron chi connectivity index (χ2n) is 8.67. The van der Waals surface area contributed by atoms with Gasteiger partial charge < -0.3 is 20.1 Å². The number of benzene rings is 4. The summed E-state index contributed by atoms with van der Waals surface area (Å²) in [5, 5.41) is 32.8. The predicted octanol–water partition coefficient (Wildman–Crippen LogP) is 7.61. The molecule has 0 atom stereocenters. The minimum atomic E-state index is 0.0329. The fourth-order valence-electron chi connectivity index (χ4n) is 4.04. The Hall–Kier alpha value is -4.12. The average molecular weight is 456 g/mol. The highest BCUT2D eigenvalue weighted by Crippen LogP contribution is 2.51. The minimum Gasteiger partial charge on any atom is -0.505 e. The van der Waals surface area contributed by atoms with Gasteiger partial charge in [-0.3, -0.25) is 4.90 Å². The van der Waals surface area contributed by atoms with Crippen molar-refractivity contribution < 1.29 is 20.1 Å². The summed E-state index contributed by atoms with van der Waals surface area (Å²) in [5.41, 5.74) is 5.71. The molecule has 174 valence electrons. The Balaban J connectivity index is 2.01. The maximum absolute atomic E-state index is 11.2. The summed E-state index contributed by atoms with van der Waals surface area (Å²) in [5.74, 6) is 1.04. The van der Waals surface area contributed by atoms with Crippen LogP contribution in [0.4, 0.5) is 17.1 Å². The lowest BCUT2D eigenvalue weighted by atomic mass is 10.0. The first-order chi connectivity index (χ1) is 16.2. The third-order valence-electron chi connectivity index (χ3n) is 6.00. The second-order valence-corrected chi connectivity index (χ2v) is 8.67. The van der Waals surface area contributed by atoms with Gasteiger partial charge in [-0.2, -0.15) is 0 Å². The number of hydrogen-bond acceptors (Lipinski definition) is 5. The van der Waals surface area contributed by atoms with Crippen LogP contribution in [-0.4, -0.2) is 15.3 Å². The first kappa shape index (κ1) is 23.1. The standard InChI is InChI=1S/C29H29NO4/c1-17-10-15-25(23(31)16-17)34-24-9-7-6-8-22(24)30(26-18(2)11-13-20(4)28(26)32)27-19(3)12-14-21(5)29(27)33/h6-16,31-33H,1-5H3. The molecule has 0 aliphatic heterocycles. The van der Waals surface area contributed by atoms with E-state index in [0.717, 1.165) is 16.7 Å². The normalized spacial score (nSPS) is 10.9. The van der Waals surface area contributed by atoms with Gasteiger partial charge in [-0.1, -0.05) is 42.5 Å². The summed E-state index contributed by atoms with van der Waals surface area (Å²) in [6, 6.07) is 20.2. The number of ether oxygens (including phenoxy) is 1. The molecule has 0 bridgehead atoms. The van der Waals surface area contributed by atoms with Crippen molar-refractivity contribution in [3.05, 3.63) is 94.5 Å². The molecule has 0 amide bonds. The number of nitrogens with zero attached hydrogens (tertiary/aromatic N) is 1. The van der Waals surface area contributed by atoms with E-state index in [4.69, 9.17) is 4.74 Å². The molecule has 0 aromatic heterocycles. The van der Waals surface area contributed by atoms with Gasteiger partial charge in [0.1, 0.15) is 11.5 Å². The maximum atomic E-state index is 11.2. The molecule has 0 fully saturated rings. The van der Waals surface area contributed by atoms with Gasteiger partial charge in [0, 0.05) is 0 Å². The van der Waals surface area contributed by atoms with E-state index in [9.17, 15) is 15.3 Å². The van der Waals surface area contributed by atoms with Crippen molar-refractivity contribution in [2.24, 2.45) is 0 Å². The van der Waals surface area contributed by atoms with Crippen LogP contribution in [0.1, 0.15) is 27.8 Å². The Morgan fingerprint density at radius 1 is 0.588 bits per heavy atom. The highest BCUT2D eigenvalue weighted by Gasteiger charge is 2.27. The molecule has 4 rings (SSSR count). The lowest BCUT2D eigenvalue weighted by Crippen LogP contribution is -2.15. The van der Waals surface area contributed by atoms with E-state index in [-0.39, 0.29) is 17.2 Å². The van der Waals surface area contributed by atoms with Crippen molar-refractivity contribution in [1.29, 1.82) is 0 Å². The van der Waals surface area contributed by atoms with Crippen LogP contribution in [0.15, 0.2) is 66.7 Å². The van der Waals surface area contributed by atoms with Crippen molar-refractivity contribution in [1.82, 2.24) is 0 Å². The predicted molar refractivity (Wildman–Crippen MR) is 136 cm³/mol. The van der Waals surface area contributed by atoms with E-state index in [0.29, 0.717) is 39.7 Å². The molecule has 5 nitrogen and oxygen atoms in total. The smallest absolute Gasteiger partial charge is 0.169 e. The van der Waals surface area contributed by atoms with Crippen LogP contribution in [0.5, 0.6) is 28.7 Å². The van der Waals surface area contributed by atoms with Crippen molar-refractivity contribution in [2.45, 2.75) is 34.6 Å². The Bertz CT molecular complexity index is 1320. The molecule has 0 aliphatic rings. The topological polar surface area (TPSA) is 73.2 Å². The molecular formula is C29H29NO4. The van der Waals surface area contributed by atoms with Crippen molar-refractivity contribution in [3.8, 4) is 28.7 Å². The SMILES string of the molecule is Cc1ccc(Oc2ccccc2N(c2c(C)ccc(C)c2O)c2c(C)ccc(C)c2O)c(O)c1. The lowest BCUT2D eigenvalue weighted by molar-refractivity contribution is 0.411. The summed E-state index contributed by atoms with van der Waals surface area (Å²) in [4.78, 5) is 1.83. The van der Waals surface area contributed by atoms with Crippen LogP contribution in [0.3, 0.4) is 0 Å². The Morgan fingerprint density at radius 3 is 1.68 bits per heavy atom. The third kappa shape index (κ3) is 4.13. The number of hydrogen-bond donors (Lipinski definition) is 3. The number of rotatable bonds is 5. The Morgan fingerprint density at radius 2 is 1.12 bits per heavy atom. The monoisotopic (exact) mass is 455 g/mol. The zero-order chi connectivity index (χ0) is 24.6. The van der Waals surface area contributed by atoms with Gasteiger partial charge in [0.25, 0.3) is 0 Å². The van der Waals surface area contributed by atoms with Crippen molar-refractivity contribution in [3.63, 3.8) is 0 Å². The summed E-state index contributed by atoms with van der Waals surface area (Å²) in [6.45, 7) is 9.40. The van der Waals surface area contributed by atoms with Crippen molar-refractivity contribution in [2.75, 3.05) is 4.90 Å². The molecule has 0 radical (unpaired) electrons. The molecular weight excluding hydrogens is 426 g/mol. The molecule has 0 spiro atoms. The van der Waals surface area contributed by atoms with E-state index >= 15 is 0 Å². The van der Waals surface area contributed by atoms with Gasteiger partial charge in [-0.15, -0.1) is 0 Å². The number of aromatic hydroxyl groups is 3. The van der Waals surface area contributed by atoms with Crippen LogP contribution in [0.25, 0.3) is 0 Å². The van der Waals surface area contributed by atoms with Crippen LogP contribution in [0.2, 0.25) is 0 Å². The summed E-state index contributed by atoms with van der Waals surface area (Å²) in [6.07, 6.45) is 0. The van der Waals surface area contributed by atoms with E-state index in [1.54, 1.807) is 18.2 Å². The highest BCUT2D eigenvalue weighted by molar-refractivity contribution is 5.89. The number of para-hydroxylation sites is 2. The van der Waals surface area contributed by atoms with Gasteiger partial charge in [0.15, 0.2) is 17.2 Å². The lowest BCUT2D eigenvalue weighted by Gasteiger charge is -2.31. The van der Waals surface area contributed by atoms with E-state index in [2.05, 4.69) is 0 Å². The molecule has 4 aromatic carbocycles. The molecule has 4 aromatic rings. The molecule has 3 N–H and O–H groups in total. The van der Waals surface area contributed by atoms with Gasteiger partial charge in [-0.05, 0) is 86.7 Å². The van der Waals surface area contributed by atoms with E-state index in [1.165, 1.54) is 0 Å².